The lowest BCUT2D eigenvalue weighted by Crippen LogP contribution is -2.59. The molecule has 0 aromatic heterocycles. The van der Waals surface area contributed by atoms with Crippen LogP contribution >= 0.6 is 0 Å². The largest absolute Gasteiger partial charge is 0.508 e. The lowest BCUT2D eigenvalue weighted by Gasteiger charge is -2.41. The van der Waals surface area contributed by atoms with E-state index < -0.39 is 61.8 Å². The number of carboxylic acids is 1. The maximum Gasteiger partial charge on any atom is 0.317 e. The second-order valence-electron chi connectivity index (χ2n) is 8.74. The first kappa shape index (κ1) is 27.8. The van der Waals surface area contributed by atoms with Crippen molar-refractivity contribution in [2.45, 2.75) is 43.2 Å². The molecule has 14 nitrogen and oxygen atoms in total. The predicted octanol–water partition coefficient (Wildman–Crippen LogP) is 0.129. The van der Waals surface area contributed by atoms with Gasteiger partial charge in [-0.15, -0.1) is 0 Å². The summed E-state index contributed by atoms with van der Waals surface area (Å²) in [6.45, 7) is -0.659. The second kappa shape index (κ2) is 11.2. The van der Waals surface area contributed by atoms with Crippen LogP contribution in [0.3, 0.4) is 0 Å². The Labute approximate surface area is 220 Å². The van der Waals surface area contributed by atoms with Crippen molar-refractivity contribution in [3.05, 3.63) is 47.2 Å². The molecule has 0 spiro atoms. The van der Waals surface area contributed by atoms with E-state index in [0.29, 0.717) is 5.56 Å². The number of phenols is 3. The van der Waals surface area contributed by atoms with Crippen LogP contribution in [0.4, 0.5) is 0 Å². The van der Waals surface area contributed by atoms with Crippen molar-refractivity contribution >= 4 is 18.0 Å². The summed E-state index contributed by atoms with van der Waals surface area (Å²) in [5.74, 6) is -3.26. The van der Waals surface area contributed by atoms with Crippen LogP contribution in [0, 0.1) is 0 Å². The van der Waals surface area contributed by atoms with Gasteiger partial charge in [0.25, 0.3) is 0 Å². The lowest BCUT2D eigenvalue weighted by atomic mass is 9.98. The van der Waals surface area contributed by atoms with Crippen LogP contribution in [0.25, 0.3) is 6.08 Å². The van der Waals surface area contributed by atoms with Gasteiger partial charge in [-0.3, -0.25) is 9.59 Å². The quantitative estimate of drug-likeness (QED) is 0.171. The highest BCUT2D eigenvalue weighted by Crippen LogP contribution is 2.45. The molecule has 39 heavy (non-hydrogen) atoms. The van der Waals surface area contributed by atoms with Gasteiger partial charge in [0.05, 0.1) is 12.7 Å². The number of methoxy groups -OCH3 is 1. The highest BCUT2D eigenvalue weighted by molar-refractivity contribution is 5.90. The number of phenolic OH excluding ortho intramolecular Hbond substituents is 3. The van der Waals surface area contributed by atoms with Crippen LogP contribution in [0.15, 0.2) is 36.1 Å². The maximum atomic E-state index is 11.6. The fraction of sp³-hybridized carbons (Fsp3) is 0.360. The summed E-state index contributed by atoms with van der Waals surface area (Å²) in [7, 11) is 1.33. The minimum atomic E-state index is -1.82. The van der Waals surface area contributed by atoms with Crippen LogP contribution in [-0.4, -0.2) is 92.1 Å². The molecule has 7 N–H and O–H groups in total. The van der Waals surface area contributed by atoms with Gasteiger partial charge in [0.1, 0.15) is 60.5 Å². The van der Waals surface area contributed by atoms with Crippen molar-refractivity contribution in [2.75, 3.05) is 13.7 Å². The molecule has 1 fully saturated rings. The average molecular weight is 550 g/mol. The molecule has 210 valence electrons. The lowest BCUT2D eigenvalue weighted by molar-refractivity contribution is -0.294. The first-order valence-corrected chi connectivity index (χ1v) is 11.5. The first-order valence-electron chi connectivity index (χ1n) is 11.5. The Morgan fingerprint density at radius 3 is 2.41 bits per heavy atom. The third kappa shape index (κ3) is 5.93. The van der Waals surface area contributed by atoms with Crippen molar-refractivity contribution in [1.29, 1.82) is 0 Å². The monoisotopic (exact) mass is 550 g/mol. The molecule has 0 bridgehead atoms. The average Bonchev–Trinajstić information content (AvgIpc) is 2.88. The fourth-order valence-corrected chi connectivity index (χ4v) is 4.06. The van der Waals surface area contributed by atoms with Crippen molar-refractivity contribution in [1.82, 2.24) is 0 Å². The van der Waals surface area contributed by atoms with Crippen LogP contribution < -0.4 is 9.47 Å². The molecule has 1 unspecified atom stereocenters. The highest BCUT2D eigenvalue weighted by Gasteiger charge is 2.46. The number of hydrogen-bond acceptors (Lipinski definition) is 13. The van der Waals surface area contributed by atoms with E-state index in [1.165, 1.54) is 37.5 Å². The maximum absolute atomic E-state index is 11.6. The van der Waals surface area contributed by atoms with Crippen molar-refractivity contribution in [2.24, 2.45) is 0 Å². The zero-order chi connectivity index (χ0) is 28.4. The molecule has 0 saturated carbocycles. The van der Waals surface area contributed by atoms with E-state index in [1.54, 1.807) is 0 Å². The molecule has 2 aliphatic rings. The van der Waals surface area contributed by atoms with Gasteiger partial charge in [-0.2, -0.15) is 0 Å². The minimum Gasteiger partial charge on any atom is -0.508 e. The summed E-state index contributed by atoms with van der Waals surface area (Å²) >= 11 is 0. The highest BCUT2D eigenvalue weighted by atomic mass is 16.7. The number of carboxylic acid groups (broad SMARTS) is 1. The molecule has 2 heterocycles. The summed E-state index contributed by atoms with van der Waals surface area (Å²) in [6, 6.07) is 6.56. The number of esters is 1. The van der Waals surface area contributed by atoms with E-state index in [4.69, 9.17) is 28.8 Å². The molecule has 0 amide bonds. The predicted molar refractivity (Wildman–Crippen MR) is 127 cm³/mol. The normalized spacial score (nSPS) is 26.0. The number of aliphatic hydroxyl groups excluding tert-OH is 3. The third-order valence-electron chi connectivity index (χ3n) is 6.03. The number of aromatic hydroxyl groups is 3. The standard InChI is InChI=1S/C25H26O14/c1-35-16-4-10(2-3-13(16)27)24-17(7-12-14(28)5-11(26)6-15(12)37-24)38-25-23(34)22(33)21(32)18(39-25)9-36-20(31)8-19(29)30/h2-7,18,21-28,32-34H,8-9H2,1H3,(H,29,30)/t18-,21-,22+,23-,24?,25-/m1/s1. The van der Waals surface area contributed by atoms with E-state index in [1.807, 2.05) is 0 Å². The van der Waals surface area contributed by atoms with Gasteiger partial charge in [0.2, 0.25) is 6.29 Å². The van der Waals surface area contributed by atoms with Crippen molar-refractivity contribution in [3.63, 3.8) is 0 Å². The summed E-state index contributed by atoms with van der Waals surface area (Å²) in [5.41, 5.74) is 0.476. The van der Waals surface area contributed by atoms with Crippen molar-refractivity contribution < 1.29 is 69.0 Å². The van der Waals surface area contributed by atoms with Gasteiger partial charge >= 0.3 is 11.9 Å². The number of ether oxygens (including phenoxy) is 5. The molecule has 2 aliphatic heterocycles. The third-order valence-corrected chi connectivity index (χ3v) is 6.03. The Hall–Kier alpha value is -4.24. The number of hydrogen-bond donors (Lipinski definition) is 7. The summed E-state index contributed by atoms with van der Waals surface area (Å²) in [4.78, 5) is 22.3. The minimum absolute atomic E-state index is 0.0644. The van der Waals surface area contributed by atoms with Gasteiger partial charge in [-0.25, -0.2) is 0 Å². The Morgan fingerprint density at radius 2 is 1.72 bits per heavy atom. The molecule has 0 aliphatic carbocycles. The molecular formula is C25H26O14. The molecule has 2 aromatic rings. The van der Waals surface area contributed by atoms with E-state index in [9.17, 15) is 40.2 Å². The fourth-order valence-electron chi connectivity index (χ4n) is 4.06. The van der Waals surface area contributed by atoms with Gasteiger partial charge in [0.15, 0.2) is 17.6 Å². The van der Waals surface area contributed by atoms with Crippen LogP contribution in [-0.2, 0) is 23.8 Å². The molecule has 14 heteroatoms. The second-order valence-corrected chi connectivity index (χ2v) is 8.74. The zero-order valence-corrected chi connectivity index (χ0v) is 20.3. The van der Waals surface area contributed by atoms with E-state index in [2.05, 4.69) is 0 Å². The number of rotatable bonds is 8. The number of fused-ring (bicyclic) bond motifs is 1. The van der Waals surface area contributed by atoms with Gasteiger partial charge < -0.3 is 59.4 Å². The Balaban J connectivity index is 1.65. The topological polar surface area (TPSA) is 222 Å². The summed E-state index contributed by atoms with van der Waals surface area (Å²) in [5, 5.41) is 70.2. The summed E-state index contributed by atoms with van der Waals surface area (Å²) in [6.07, 6.45) is -9.14. The zero-order valence-electron chi connectivity index (χ0n) is 20.3. The number of benzene rings is 2. The van der Waals surface area contributed by atoms with E-state index in [-0.39, 0.29) is 40.1 Å². The van der Waals surface area contributed by atoms with Crippen molar-refractivity contribution in [3.8, 4) is 28.7 Å². The Bertz CT molecular complexity index is 1270. The number of carbonyl (C=O) groups is 2. The van der Waals surface area contributed by atoms with Crippen LogP contribution in [0.2, 0.25) is 0 Å². The smallest absolute Gasteiger partial charge is 0.317 e. The Morgan fingerprint density at radius 1 is 0.974 bits per heavy atom. The number of carbonyl (C=O) groups excluding carboxylic acids is 1. The van der Waals surface area contributed by atoms with E-state index >= 15 is 0 Å². The molecular weight excluding hydrogens is 524 g/mol. The molecule has 6 atom stereocenters. The number of aliphatic carboxylic acids is 1. The van der Waals surface area contributed by atoms with Gasteiger partial charge in [-0.1, -0.05) is 6.07 Å². The molecule has 4 rings (SSSR count). The summed E-state index contributed by atoms with van der Waals surface area (Å²) < 4.78 is 27.3. The Kier molecular flexibility index (Phi) is 8.01. The van der Waals surface area contributed by atoms with Crippen LogP contribution in [0.1, 0.15) is 23.7 Å². The SMILES string of the molecule is COc1cc(C2Oc3cc(O)cc(O)c3C=C2O[C@@H]2O[C@H](COC(=O)CC(=O)O)[C@@H](O)[C@H](O)[C@H]2O)ccc1O. The molecule has 0 radical (unpaired) electrons. The molecule has 2 aromatic carbocycles. The van der Waals surface area contributed by atoms with E-state index in [0.717, 1.165) is 6.07 Å². The first-order chi connectivity index (χ1) is 18.5. The van der Waals surface area contributed by atoms with Gasteiger partial charge in [-0.05, 0) is 18.2 Å². The van der Waals surface area contributed by atoms with Crippen LogP contribution in [0.5, 0.6) is 28.7 Å². The van der Waals surface area contributed by atoms with Gasteiger partial charge in [0, 0.05) is 17.7 Å². The molecule has 1 saturated heterocycles. The number of aliphatic hydroxyl groups is 3.